The molecule has 0 aliphatic heterocycles. The Morgan fingerprint density at radius 2 is 0.857 bits per heavy atom. The zero-order chi connectivity index (χ0) is 19.0. The monoisotopic (exact) mass is 408 g/mol. The van der Waals surface area contributed by atoms with Gasteiger partial charge in [-0.3, -0.25) is 0 Å². The fourth-order valence-electron chi connectivity index (χ4n) is 5.28. The Labute approximate surface area is 175 Å². The molecule has 4 rings (SSSR count). The Kier molecular flexibility index (Phi) is 7.28. The molecule has 0 spiro atoms. The number of nitrogens with zero attached hydrogens (tertiary/aromatic N) is 2. The van der Waals surface area contributed by atoms with E-state index in [2.05, 4.69) is 69.8 Å². The summed E-state index contributed by atoms with van der Waals surface area (Å²) in [4.78, 5) is 0. The molecule has 2 saturated carbocycles. The fraction of sp³-hybridized carbons (Fsp3) is 0.500. The molecule has 0 N–H and O–H groups in total. The van der Waals surface area contributed by atoms with Gasteiger partial charge in [-0.25, -0.2) is 0 Å². The minimum atomic E-state index is -0.256. The molecule has 2 aliphatic rings. The minimum Gasteiger partial charge on any atom is -0.401 e. The van der Waals surface area contributed by atoms with Gasteiger partial charge in [-0.2, -0.15) is 0 Å². The van der Waals surface area contributed by atoms with Crippen molar-refractivity contribution in [1.82, 2.24) is 0 Å². The van der Waals surface area contributed by atoms with E-state index >= 15 is 0 Å². The van der Waals surface area contributed by atoms with Crippen LogP contribution in [0.2, 0.25) is 0 Å². The summed E-state index contributed by atoms with van der Waals surface area (Å²) < 4.78 is 5.84. The normalized spacial score (nSPS) is 19.6. The van der Waals surface area contributed by atoms with E-state index in [1.54, 1.807) is 0 Å². The lowest BCUT2D eigenvalue weighted by Crippen LogP contribution is -2.50. The molecule has 2 nitrogen and oxygen atoms in total. The molecule has 2 aromatic rings. The van der Waals surface area contributed by atoms with Gasteiger partial charge in [0.2, 0.25) is 0 Å². The second-order valence-corrected chi connectivity index (χ2v) is 13.6. The molecule has 0 aromatic heterocycles. The van der Waals surface area contributed by atoms with Crippen LogP contribution >= 0.6 is 0 Å². The summed E-state index contributed by atoms with van der Waals surface area (Å²) in [5, 5.41) is 0. The first kappa shape index (κ1) is 19.8. The minimum absolute atomic E-state index is 0.256. The molecule has 0 atom stereocenters. The van der Waals surface area contributed by atoms with Crippen LogP contribution in [0.4, 0.5) is 11.4 Å². The van der Waals surface area contributed by atoms with Crippen molar-refractivity contribution in [3.8, 4) is 0 Å². The molecule has 2 fully saturated rings. The van der Waals surface area contributed by atoms with Gasteiger partial charge in [0.05, 0.1) is 0 Å². The number of para-hydroxylation sites is 2. The lowest BCUT2D eigenvalue weighted by Gasteiger charge is -2.41. The summed E-state index contributed by atoms with van der Waals surface area (Å²) in [7, 11) is -0.512. The van der Waals surface area contributed by atoms with Crippen LogP contribution < -0.4 is 9.13 Å². The number of anilines is 2. The van der Waals surface area contributed by atoms with Crippen LogP contribution in [0.3, 0.4) is 0 Å². The SMILES string of the molecule is c1ccc(N([SiH2][SiH2]N(c2ccccc2)C2CCCCC2)C2CCCCC2)cc1. The first-order valence-corrected chi connectivity index (χ1v) is 16.8. The summed E-state index contributed by atoms with van der Waals surface area (Å²) in [6.45, 7) is 0. The molecule has 0 bridgehead atoms. The third-order valence-corrected chi connectivity index (χ3v) is 13.2. The molecule has 4 heteroatoms. The van der Waals surface area contributed by atoms with E-state index in [4.69, 9.17) is 0 Å². The molecule has 2 aliphatic carbocycles. The third-order valence-electron chi connectivity index (χ3n) is 6.79. The predicted molar refractivity (Wildman–Crippen MR) is 129 cm³/mol. The largest absolute Gasteiger partial charge is 0.401 e. The van der Waals surface area contributed by atoms with Gasteiger partial charge in [-0.15, -0.1) is 0 Å². The molecule has 150 valence electrons. The van der Waals surface area contributed by atoms with E-state index in [1.165, 1.54) is 75.6 Å². The van der Waals surface area contributed by atoms with Gasteiger partial charge in [0.1, 0.15) is 18.4 Å². The van der Waals surface area contributed by atoms with Crippen LogP contribution in [-0.2, 0) is 0 Å². The summed E-state index contributed by atoms with van der Waals surface area (Å²) >= 11 is 0. The zero-order valence-electron chi connectivity index (χ0n) is 17.3. The second kappa shape index (κ2) is 10.3. The number of hydrogen-bond donors (Lipinski definition) is 0. The van der Waals surface area contributed by atoms with Crippen molar-refractivity contribution in [3.63, 3.8) is 0 Å². The average Bonchev–Trinajstić information content (AvgIpc) is 2.79. The van der Waals surface area contributed by atoms with E-state index in [9.17, 15) is 0 Å². The van der Waals surface area contributed by atoms with Crippen LogP contribution in [0.1, 0.15) is 64.2 Å². The summed E-state index contributed by atoms with van der Waals surface area (Å²) in [6, 6.07) is 24.3. The summed E-state index contributed by atoms with van der Waals surface area (Å²) in [5.74, 6) is 0. The Hall–Kier alpha value is -1.53. The first-order chi connectivity index (χ1) is 13.9. The predicted octanol–water partition coefficient (Wildman–Crippen LogP) is 4.75. The molecule has 0 unspecified atom stereocenters. The van der Waals surface area contributed by atoms with Crippen molar-refractivity contribution >= 4 is 29.8 Å². The van der Waals surface area contributed by atoms with Gasteiger partial charge in [-0.1, -0.05) is 74.9 Å². The maximum atomic E-state index is 2.92. The molecule has 0 saturated heterocycles. The lowest BCUT2D eigenvalue weighted by atomic mass is 9.95. The van der Waals surface area contributed by atoms with E-state index in [0.29, 0.717) is 0 Å². The van der Waals surface area contributed by atoms with Gasteiger partial charge in [0.25, 0.3) is 0 Å². The van der Waals surface area contributed by atoms with Crippen LogP contribution in [0.5, 0.6) is 0 Å². The lowest BCUT2D eigenvalue weighted by molar-refractivity contribution is 0.442. The van der Waals surface area contributed by atoms with Crippen LogP contribution in [0, 0.1) is 0 Å². The van der Waals surface area contributed by atoms with Gasteiger partial charge in [0, 0.05) is 23.5 Å². The molecule has 28 heavy (non-hydrogen) atoms. The van der Waals surface area contributed by atoms with Crippen molar-refractivity contribution in [1.29, 1.82) is 0 Å². The Morgan fingerprint density at radius 1 is 0.500 bits per heavy atom. The topological polar surface area (TPSA) is 6.48 Å². The van der Waals surface area contributed by atoms with Gasteiger partial charge in [0.15, 0.2) is 0 Å². The van der Waals surface area contributed by atoms with Crippen LogP contribution in [0.15, 0.2) is 60.7 Å². The molecule has 0 amide bonds. The Bertz CT molecular complexity index is 621. The first-order valence-electron chi connectivity index (χ1n) is 11.6. The highest BCUT2D eigenvalue weighted by Crippen LogP contribution is 2.29. The van der Waals surface area contributed by atoms with Crippen molar-refractivity contribution in [2.24, 2.45) is 0 Å². The van der Waals surface area contributed by atoms with Gasteiger partial charge >= 0.3 is 0 Å². The molecular weight excluding hydrogens is 372 g/mol. The molecular formula is C24H36N2Si2. The Morgan fingerprint density at radius 3 is 1.21 bits per heavy atom. The highest BCUT2D eigenvalue weighted by Gasteiger charge is 2.25. The smallest absolute Gasteiger partial charge is 0.131 e. The standard InChI is InChI=1S/C24H36N2Si2/c1-5-13-21(14-6-1)25(22-15-7-2-8-16-22)27-28-26(23-17-9-3-10-18-23)24-19-11-4-12-20-24/h1,3,5-6,9-10,13-14,17-18,22,24H,2,4,7-8,11-12,15-16,19-20,27-28H2. The van der Waals surface area contributed by atoms with Crippen LogP contribution in [0.25, 0.3) is 0 Å². The fourth-order valence-corrected chi connectivity index (χ4v) is 13.1. The van der Waals surface area contributed by atoms with Gasteiger partial charge in [-0.05, 0) is 49.9 Å². The van der Waals surface area contributed by atoms with E-state index in [1.807, 2.05) is 0 Å². The quantitative estimate of drug-likeness (QED) is 0.610. The van der Waals surface area contributed by atoms with Crippen molar-refractivity contribution < 1.29 is 0 Å². The maximum Gasteiger partial charge on any atom is 0.131 e. The molecule has 0 radical (unpaired) electrons. The van der Waals surface area contributed by atoms with Crippen molar-refractivity contribution in [3.05, 3.63) is 60.7 Å². The number of hydrogen-bond acceptors (Lipinski definition) is 2. The van der Waals surface area contributed by atoms with E-state index in [-0.39, 0.29) is 18.4 Å². The average molecular weight is 409 g/mol. The second-order valence-electron chi connectivity index (χ2n) is 8.64. The number of rotatable bonds is 7. The molecule has 0 heterocycles. The van der Waals surface area contributed by atoms with E-state index < -0.39 is 0 Å². The van der Waals surface area contributed by atoms with E-state index in [0.717, 1.165) is 12.1 Å². The highest BCUT2D eigenvalue weighted by molar-refractivity contribution is 7.04. The van der Waals surface area contributed by atoms with Gasteiger partial charge < -0.3 is 9.13 Å². The highest BCUT2D eigenvalue weighted by atomic mass is 29.2. The maximum absolute atomic E-state index is 2.92. The van der Waals surface area contributed by atoms with Crippen LogP contribution in [-0.4, -0.2) is 30.5 Å². The number of benzene rings is 2. The third kappa shape index (κ3) is 5.09. The summed E-state index contributed by atoms with van der Waals surface area (Å²) in [6.07, 6.45) is 14.2. The van der Waals surface area contributed by atoms with Crippen molar-refractivity contribution in [2.45, 2.75) is 76.3 Å². The summed E-state index contributed by atoms with van der Waals surface area (Å²) in [5.41, 5.74) is 3.01. The Balaban J connectivity index is 1.52. The zero-order valence-corrected chi connectivity index (χ0v) is 20.1. The molecule has 2 aromatic carbocycles. The van der Waals surface area contributed by atoms with Crippen molar-refractivity contribution in [2.75, 3.05) is 9.13 Å².